The van der Waals surface area contributed by atoms with E-state index in [0.717, 1.165) is 17.0 Å². The Morgan fingerprint density at radius 1 is 1.19 bits per heavy atom. The van der Waals surface area contributed by atoms with E-state index in [9.17, 15) is 9.59 Å². The fourth-order valence-electron chi connectivity index (χ4n) is 3.98. The van der Waals surface area contributed by atoms with Crippen molar-refractivity contribution in [3.05, 3.63) is 71.3 Å². The first-order valence-corrected chi connectivity index (χ1v) is 9.82. The number of imidazole rings is 1. The lowest BCUT2D eigenvalue weighted by Crippen LogP contribution is -2.43. The quantitative estimate of drug-likeness (QED) is 0.631. The number of urea groups is 1. The molecule has 1 unspecified atom stereocenters. The van der Waals surface area contributed by atoms with Gasteiger partial charge in [0.1, 0.15) is 6.04 Å². The predicted molar refractivity (Wildman–Crippen MR) is 110 cm³/mol. The molecule has 9 nitrogen and oxygen atoms in total. The Labute approximate surface area is 177 Å². The summed E-state index contributed by atoms with van der Waals surface area (Å²) in [6, 6.07) is 11.6. The topological polar surface area (TPSA) is 106 Å². The van der Waals surface area contributed by atoms with E-state index >= 15 is 0 Å². The van der Waals surface area contributed by atoms with E-state index in [1.807, 2.05) is 18.2 Å². The van der Waals surface area contributed by atoms with Gasteiger partial charge in [-0.2, -0.15) is 0 Å². The molecule has 2 aliphatic heterocycles. The van der Waals surface area contributed by atoms with E-state index in [4.69, 9.17) is 14.2 Å². The summed E-state index contributed by atoms with van der Waals surface area (Å²) in [6.45, 7) is 0.645. The third-order valence-corrected chi connectivity index (χ3v) is 5.47. The van der Waals surface area contributed by atoms with Gasteiger partial charge in [0.25, 0.3) is 0 Å². The molecule has 1 aromatic heterocycles. The van der Waals surface area contributed by atoms with Gasteiger partial charge >= 0.3 is 12.0 Å². The summed E-state index contributed by atoms with van der Waals surface area (Å²) in [7, 11) is 1.31. The third kappa shape index (κ3) is 3.33. The second-order valence-electron chi connectivity index (χ2n) is 7.19. The van der Waals surface area contributed by atoms with Crippen LogP contribution in [0.4, 0.5) is 10.5 Å². The summed E-state index contributed by atoms with van der Waals surface area (Å²) < 4.78 is 15.8. The number of rotatable bonds is 3. The molecule has 3 aromatic rings. The van der Waals surface area contributed by atoms with Gasteiger partial charge in [-0.25, -0.2) is 14.6 Å². The standard InChI is InChI=1S/C22H20N4O5/c1-29-21(27)14-4-2-3-5-15(14)25-22(28)26-9-8-16-19(24-11-23-16)20(26)13-6-7-17-18(10-13)31-12-30-17/h2-7,10-11,20H,8-9,12H2,1H3,(H,23,24)(H,25,28). The van der Waals surface area contributed by atoms with E-state index in [2.05, 4.69) is 15.3 Å². The number of hydrogen-bond acceptors (Lipinski definition) is 6. The van der Waals surface area contributed by atoms with Crippen molar-refractivity contribution in [2.45, 2.75) is 12.5 Å². The van der Waals surface area contributed by atoms with Crippen LogP contribution in [-0.4, -0.2) is 47.3 Å². The highest BCUT2D eigenvalue weighted by atomic mass is 16.7. The average Bonchev–Trinajstić information content (AvgIpc) is 3.46. The third-order valence-electron chi connectivity index (χ3n) is 5.47. The molecule has 0 spiro atoms. The average molecular weight is 420 g/mol. The van der Waals surface area contributed by atoms with Gasteiger partial charge < -0.3 is 29.4 Å². The van der Waals surface area contributed by atoms with Crippen LogP contribution >= 0.6 is 0 Å². The van der Waals surface area contributed by atoms with Crippen LogP contribution < -0.4 is 14.8 Å². The number of hydrogen-bond donors (Lipinski definition) is 2. The van der Waals surface area contributed by atoms with Crippen molar-refractivity contribution >= 4 is 17.7 Å². The van der Waals surface area contributed by atoms with Gasteiger partial charge in [-0.3, -0.25) is 0 Å². The molecule has 2 amide bonds. The second kappa shape index (κ2) is 7.67. The molecule has 0 bridgehead atoms. The number of amides is 2. The Balaban J connectivity index is 1.49. The molecule has 0 saturated carbocycles. The highest BCUT2D eigenvalue weighted by Gasteiger charge is 2.35. The zero-order chi connectivity index (χ0) is 21.4. The van der Waals surface area contributed by atoms with Crippen molar-refractivity contribution in [2.24, 2.45) is 0 Å². The first kappa shape index (κ1) is 19.0. The largest absolute Gasteiger partial charge is 0.465 e. The van der Waals surface area contributed by atoms with Gasteiger partial charge in [-0.15, -0.1) is 0 Å². The second-order valence-corrected chi connectivity index (χ2v) is 7.19. The molecule has 2 aliphatic rings. The van der Waals surface area contributed by atoms with Gasteiger partial charge in [0.15, 0.2) is 11.5 Å². The van der Waals surface area contributed by atoms with Crippen molar-refractivity contribution < 1.29 is 23.8 Å². The van der Waals surface area contributed by atoms with E-state index in [-0.39, 0.29) is 18.4 Å². The fraction of sp³-hybridized carbons (Fsp3) is 0.227. The Morgan fingerprint density at radius 2 is 2.03 bits per heavy atom. The van der Waals surface area contributed by atoms with Crippen LogP contribution in [-0.2, 0) is 11.2 Å². The lowest BCUT2D eigenvalue weighted by Gasteiger charge is -2.35. The molecule has 31 heavy (non-hydrogen) atoms. The smallest absolute Gasteiger partial charge is 0.339 e. The predicted octanol–water partition coefficient (Wildman–Crippen LogP) is 3.10. The SMILES string of the molecule is COC(=O)c1ccccc1NC(=O)N1CCc2[nH]cnc2C1c1ccc2c(c1)OCO2. The summed E-state index contributed by atoms with van der Waals surface area (Å²) in [6.07, 6.45) is 2.28. The Hall–Kier alpha value is -4.01. The summed E-state index contributed by atoms with van der Waals surface area (Å²) in [5.41, 5.74) is 3.30. The van der Waals surface area contributed by atoms with Gasteiger partial charge in [-0.05, 0) is 29.8 Å². The number of para-hydroxylation sites is 1. The number of fused-ring (bicyclic) bond motifs is 2. The van der Waals surface area contributed by atoms with Crippen LogP contribution in [0.25, 0.3) is 0 Å². The molecule has 2 N–H and O–H groups in total. The molecule has 9 heteroatoms. The fourth-order valence-corrected chi connectivity index (χ4v) is 3.98. The maximum absolute atomic E-state index is 13.3. The number of benzene rings is 2. The van der Waals surface area contributed by atoms with Crippen LogP contribution in [0.5, 0.6) is 11.5 Å². The maximum atomic E-state index is 13.3. The summed E-state index contributed by atoms with van der Waals surface area (Å²) in [4.78, 5) is 34.8. The van der Waals surface area contributed by atoms with Gasteiger partial charge in [0, 0.05) is 18.7 Å². The summed E-state index contributed by atoms with van der Waals surface area (Å²) in [5.74, 6) is 0.790. The molecule has 0 saturated heterocycles. The number of nitrogens with zero attached hydrogens (tertiary/aromatic N) is 2. The summed E-state index contributed by atoms with van der Waals surface area (Å²) in [5, 5.41) is 2.86. The summed E-state index contributed by atoms with van der Waals surface area (Å²) >= 11 is 0. The van der Waals surface area contributed by atoms with Crippen molar-refractivity contribution in [3.63, 3.8) is 0 Å². The minimum absolute atomic E-state index is 0.172. The number of H-pyrrole nitrogens is 1. The zero-order valence-electron chi connectivity index (χ0n) is 16.8. The van der Waals surface area contributed by atoms with Crippen molar-refractivity contribution in [1.29, 1.82) is 0 Å². The number of ether oxygens (including phenoxy) is 3. The maximum Gasteiger partial charge on any atom is 0.339 e. The molecule has 1 atom stereocenters. The van der Waals surface area contributed by atoms with Crippen LogP contribution in [0.2, 0.25) is 0 Å². The van der Waals surface area contributed by atoms with Crippen molar-refractivity contribution in [3.8, 4) is 11.5 Å². The highest BCUT2D eigenvalue weighted by molar-refractivity contribution is 6.01. The van der Waals surface area contributed by atoms with E-state index in [1.54, 1.807) is 35.5 Å². The Morgan fingerprint density at radius 3 is 2.90 bits per heavy atom. The number of aromatic amines is 1. The van der Waals surface area contributed by atoms with Gasteiger partial charge in [0.05, 0.1) is 30.4 Å². The van der Waals surface area contributed by atoms with E-state index in [0.29, 0.717) is 30.2 Å². The lowest BCUT2D eigenvalue weighted by molar-refractivity contribution is 0.0602. The molecule has 5 rings (SSSR count). The molecule has 158 valence electrons. The van der Waals surface area contributed by atoms with Crippen LogP contribution in [0.15, 0.2) is 48.8 Å². The van der Waals surface area contributed by atoms with Crippen LogP contribution in [0.1, 0.15) is 33.4 Å². The van der Waals surface area contributed by atoms with E-state index in [1.165, 1.54) is 7.11 Å². The number of methoxy groups -OCH3 is 1. The number of carbonyl (C=O) groups excluding carboxylic acids is 2. The first-order valence-electron chi connectivity index (χ1n) is 9.82. The number of nitrogens with one attached hydrogen (secondary N) is 2. The molecule has 2 aromatic carbocycles. The first-order chi connectivity index (χ1) is 15.2. The number of carbonyl (C=O) groups is 2. The molecule has 0 radical (unpaired) electrons. The van der Waals surface area contributed by atoms with Crippen molar-refractivity contribution in [1.82, 2.24) is 14.9 Å². The molecular formula is C22H20N4O5. The number of anilines is 1. The van der Waals surface area contributed by atoms with Crippen molar-refractivity contribution in [2.75, 3.05) is 25.8 Å². The van der Waals surface area contributed by atoms with Crippen LogP contribution in [0, 0.1) is 0 Å². The molecule has 3 heterocycles. The Bertz CT molecular complexity index is 1160. The highest BCUT2D eigenvalue weighted by Crippen LogP contribution is 2.39. The lowest BCUT2D eigenvalue weighted by atomic mass is 9.95. The minimum Gasteiger partial charge on any atom is -0.465 e. The van der Waals surface area contributed by atoms with Gasteiger partial charge in [-0.1, -0.05) is 18.2 Å². The number of aromatic nitrogens is 2. The van der Waals surface area contributed by atoms with Gasteiger partial charge in [0.2, 0.25) is 6.79 Å². The Kier molecular flexibility index (Phi) is 4.70. The normalized spacial score (nSPS) is 16.5. The molecular weight excluding hydrogens is 400 g/mol. The molecule has 0 aliphatic carbocycles. The van der Waals surface area contributed by atoms with Crippen LogP contribution in [0.3, 0.4) is 0 Å². The minimum atomic E-state index is -0.517. The molecule has 0 fully saturated rings. The number of esters is 1. The monoisotopic (exact) mass is 420 g/mol. The van der Waals surface area contributed by atoms with E-state index < -0.39 is 12.0 Å². The zero-order valence-corrected chi connectivity index (χ0v) is 16.8.